The zero-order chi connectivity index (χ0) is 17.4. The largest absolute Gasteiger partial charge is 0.336 e. The van der Waals surface area contributed by atoms with E-state index in [0.29, 0.717) is 5.82 Å². The van der Waals surface area contributed by atoms with Crippen molar-refractivity contribution in [3.8, 4) is 0 Å². The summed E-state index contributed by atoms with van der Waals surface area (Å²) in [5, 5.41) is 0.0346. The molecule has 7 heteroatoms. The molecular formula is C17H11Cl2F2IN2. The van der Waals surface area contributed by atoms with Crippen molar-refractivity contribution >= 4 is 45.8 Å². The first-order valence-electron chi connectivity index (χ1n) is 6.98. The number of benzene rings is 2. The van der Waals surface area contributed by atoms with Crippen LogP contribution in [0.1, 0.15) is 28.6 Å². The van der Waals surface area contributed by atoms with Crippen molar-refractivity contribution in [3.05, 3.63) is 84.4 Å². The summed E-state index contributed by atoms with van der Waals surface area (Å²) >= 11 is 14.0. The van der Waals surface area contributed by atoms with Gasteiger partial charge in [0.1, 0.15) is 21.2 Å². The molecule has 0 saturated heterocycles. The summed E-state index contributed by atoms with van der Waals surface area (Å²) in [6, 6.07) is 8.96. The fourth-order valence-corrected chi connectivity index (χ4v) is 3.26. The van der Waals surface area contributed by atoms with Crippen molar-refractivity contribution in [2.45, 2.75) is 12.8 Å². The second-order valence-corrected chi connectivity index (χ2v) is 7.19. The van der Waals surface area contributed by atoms with Gasteiger partial charge in [-0.25, -0.2) is 13.8 Å². The van der Waals surface area contributed by atoms with Crippen molar-refractivity contribution in [1.29, 1.82) is 0 Å². The monoisotopic (exact) mass is 478 g/mol. The Morgan fingerprint density at radius 2 is 1.50 bits per heavy atom. The van der Waals surface area contributed by atoms with E-state index in [-0.39, 0.29) is 16.0 Å². The molecule has 1 N–H and O–H groups in total. The maximum atomic E-state index is 13.5. The standard InChI is InChI=1S/C17H11Cl2F2IN2/c1-8-16(22)24-17(23-8)15(9-2-4-13(20)11(18)6-9)10-3-5-14(21)12(19)7-10/h2-7,15H,1H3,(H,23,24). The predicted molar refractivity (Wildman–Crippen MR) is 99.8 cm³/mol. The van der Waals surface area contributed by atoms with Gasteiger partial charge in [0.25, 0.3) is 0 Å². The van der Waals surface area contributed by atoms with Gasteiger partial charge in [0, 0.05) is 0 Å². The SMILES string of the molecule is Cc1nc(C(c2ccc(F)c(Cl)c2)c2ccc(F)c(Cl)c2)[nH]c1I. The number of aromatic nitrogens is 2. The minimum absolute atomic E-state index is 0.0173. The minimum Gasteiger partial charge on any atom is -0.336 e. The molecule has 0 unspecified atom stereocenters. The third-order valence-electron chi connectivity index (χ3n) is 3.67. The summed E-state index contributed by atoms with van der Waals surface area (Å²) in [6.07, 6.45) is 0. The van der Waals surface area contributed by atoms with Gasteiger partial charge >= 0.3 is 0 Å². The number of hydrogen-bond donors (Lipinski definition) is 1. The zero-order valence-electron chi connectivity index (χ0n) is 12.4. The Labute approximate surface area is 161 Å². The summed E-state index contributed by atoms with van der Waals surface area (Å²) in [7, 11) is 0. The summed E-state index contributed by atoms with van der Waals surface area (Å²) in [5.74, 6) is -0.714. The van der Waals surface area contributed by atoms with Crippen molar-refractivity contribution in [2.24, 2.45) is 0 Å². The molecule has 0 aliphatic carbocycles. The lowest BCUT2D eigenvalue weighted by molar-refractivity contribution is 0.626. The fourth-order valence-electron chi connectivity index (χ4n) is 2.49. The zero-order valence-corrected chi connectivity index (χ0v) is 16.0. The first-order valence-corrected chi connectivity index (χ1v) is 8.82. The quantitative estimate of drug-likeness (QED) is 0.453. The van der Waals surface area contributed by atoms with Gasteiger partial charge in [0.15, 0.2) is 0 Å². The second-order valence-electron chi connectivity index (χ2n) is 5.30. The Balaban J connectivity index is 2.19. The molecule has 0 atom stereocenters. The highest BCUT2D eigenvalue weighted by atomic mass is 127. The smallest absolute Gasteiger partial charge is 0.141 e. The third kappa shape index (κ3) is 3.43. The van der Waals surface area contributed by atoms with E-state index in [9.17, 15) is 8.78 Å². The van der Waals surface area contributed by atoms with Crippen LogP contribution in [0.2, 0.25) is 10.0 Å². The van der Waals surface area contributed by atoms with E-state index in [1.165, 1.54) is 12.1 Å². The van der Waals surface area contributed by atoms with Gasteiger partial charge in [0.2, 0.25) is 0 Å². The Morgan fingerprint density at radius 1 is 1.00 bits per heavy atom. The molecule has 0 bridgehead atoms. The molecule has 1 aromatic heterocycles. The molecule has 24 heavy (non-hydrogen) atoms. The van der Waals surface area contributed by atoms with E-state index in [1.54, 1.807) is 24.3 Å². The third-order valence-corrected chi connectivity index (χ3v) is 5.30. The highest BCUT2D eigenvalue weighted by molar-refractivity contribution is 14.1. The number of aryl methyl sites for hydroxylation is 1. The topological polar surface area (TPSA) is 28.7 Å². The van der Waals surface area contributed by atoms with E-state index in [1.807, 2.05) is 6.92 Å². The average molecular weight is 479 g/mol. The molecule has 1 heterocycles. The van der Waals surface area contributed by atoms with E-state index < -0.39 is 11.6 Å². The number of rotatable bonds is 3. The van der Waals surface area contributed by atoms with Gasteiger partial charge < -0.3 is 4.98 Å². The number of H-pyrrole nitrogens is 1. The lowest BCUT2D eigenvalue weighted by Gasteiger charge is -2.17. The minimum atomic E-state index is -0.499. The maximum absolute atomic E-state index is 13.5. The van der Waals surface area contributed by atoms with E-state index in [4.69, 9.17) is 23.2 Å². The first kappa shape index (κ1) is 17.6. The molecule has 3 aromatic rings. The van der Waals surface area contributed by atoms with E-state index in [0.717, 1.165) is 20.5 Å². The highest BCUT2D eigenvalue weighted by Gasteiger charge is 2.23. The highest BCUT2D eigenvalue weighted by Crippen LogP contribution is 2.34. The van der Waals surface area contributed by atoms with Gasteiger partial charge in [-0.15, -0.1) is 0 Å². The number of halogens is 5. The molecule has 0 saturated carbocycles. The number of aromatic amines is 1. The van der Waals surface area contributed by atoms with Gasteiger partial charge in [-0.1, -0.05) is 35.3 Å². The van der Waals surface area contributed by atoms with Crippen molar-refractivity contribution < 1.29 is 8.78 Å². The summed E-state index contributed by atoms with van der Waals surface area (Å²) in [5.41, 5.74) is 2.31. The van der Waals surface area contributed by atoms with Gasteiger partial charge in [-0.2, -0.15) is 0 Å². The molecule has 0 fully saturated rings. The maximum Gasteiger partial charge on any atom is 0.141 e. The van der Waals surface area contributed by atoms with Gasteiger partial charge in [0.05, 0.1) is 21.7 Å². The normalized spacial score (nSPS) is 11.3. The van der Waals surface area contributed by atoms with Crippen LogP contribution in [0.4, 0.5) is 8.78 Å². The summed E-state index contributed by atoms with van der Waals surface area (Å²) in [6.45, 7) is 1.88. The molecule has 0 aliphatic rings. The van der Waals surface area contributed by atoms with Crippen molar-refractivity contribution in [3.63, 3.8) is 0 Å². The molecule has 0 amide bonds. The number of nitrogens with one attached hydrogen (secondary N) is 1. The molecule has 2 nitrogen and oxygen atoms in total. The van der Waals surface area contributed by atoms with Gasteiger partial charge in [-0.3, -0.25) is 0 Å². The van der Waals surface area contributed by atoms with Crippen LogP contribution in [0.5, 0.6) is 0 Å². The fraction of sp³-hybridized carbons (Fsp3) is 0.118. The van der Waals surface area contributed by atoms with Crippen LogP contribution in [0.15, 0.2) is 36.4 Å². The lowest BCUT2D eigenvalue weighted by Crippen LogP contribution is -2.06. The van der Waals surface area contributed by atoms with E-state index in [2.05, 4.69) is 32.6 Å². The van der Waals surface area contributed by atoms with Crippen LogP contribution in [-0.2, 0) is 0 Å². The van der Waals surface area contributed by atoms with Crippen LogP contribution in [-0.4, -0.2) is 9.97 Å². The molecule has 124 valence electrons. The van der Waals surface area contributed by atoms with Crippen LogP contribution in [0.25, 0.3) is 0 Å². The molecule has 2 aromatic carbocycles. The Bertz CT molecular complexity index is 841. The Morgan fingerprint density at radius 3 is 1.88 bits per heavy atom. The molecule has 0 spiro atoms. The summed E-state index contributed by atoms with van der Waals surface area (Å²) < 4.78 is 27.9. The Kier molecular flexibility index (Phi) is 5.13. The molecular weight excluding hydrogens is 468 g/mol. The van der Waals surface area contributed by atoms with Crippen LogP contribution in [0, 0.1) is 22.3 Å². The van der Waals surface area contributed by atoms with Crippen molar-refractivity contribution in [1.82, 2.24) is 9.97 Å². The van der Waals surface area contributed by atoms with E-state index >= 15 is 0 Å². The van der Waals surface area contributed by atoms with Crippen LogP contribution < -0.4 is 0 Å². The number of imidazole rings is 1. The van der Waals surface area contributed by atoms with Crippen LogP contribution >= 0.6 is 45.8 Å². The number of nitrogens with zero attached hydrogens (tertiary/aromatic N) is 1. The summed E-state index contributed by atoms with van der Waals surface area (Å²) in [4.78, 5) is 7.74. The van der Waals surface area contributed by atoms with Gasteiger partial charge in [-0.05, 0) is 64.9 Å². The number of hydrogen-bond acceptors (Lipinski definition) is 1. The average Bonchev–Trinajstić information content (AvgIpc) is 2.86. The Hall–Kier alpha value is -1.18. The molecule has 0 aliphatic heterocycles. The van der Waals surface area contributed by atoms with Crippen LogP contribution in [0.3, 0.4) is 0 Å². The van der Waals surface area contributed by atoms with Crippen molar-refractivity contribution in [2.75, 3.05) is 0 Å². The predicted octanol–water partition coefficient (Wildman–Crippen LogP) is 6.09. The lowest BCUT2D eigenvalue weighted by atomic mass is 9.90. The second kappa shape index (κ2) is 6.98. The molecule has 3 rings (SSSR count). The molecule has 0 radical (unpaired) electrons. The first-order chi connectivity index (χ1) is 11.4.